The Morgan fingerprint density at radius 1 is 1.12 bits per heavy atom. The zero-order chi connectivity index (χ0) is 13.1. The van der Waals surface area contributed by atoms with Crippen molar-refractivity contribution in [3.8, 4) is 0 Å². The van der Waals surface area contributed by atoms with Crippen LogP contribution in [0, 0.1) is 0 Å². The Balaban J connectivity index is 2.81. The van der Waals surface area contributed by atoms with Crippen LogP contribution in [-0.2, 0) is 4.74 Å². The number of amides is 1. The summed E-state index contributed by atoms with van der Waals surface area (Å²) >= 11 is 0. The molecule has 0 unspecified atom stereocenters. The highest BCUT2D eigenvalue weighted by Gasteiger charge is 2.17. The van der Waals surface area contributed by atoms with Gasteiger partial charge in [0, 0.05) is 5.56 Å². The van der Waals surface area contributed by atoms with Crippen molar-refractivity contribution < 1.29 is 19.5 Å². The first-order valence-corrected chi connectivity index (χ1v) is 5.11. The van der Waals surface area contributed by atoms with E-state index in [1.54, 1.807) is 20.8 Å². The molecule has 0 fully saturated rings. The Morgan fingerprint density at radius 3 is 2.00 bits per heavy atom. The lowest BCUT2D eigenvalue weighted by Gasteiger charge is -2.19. The van der Waals surface area contributed by atoms with E-state index in [1.165, 1.54) is 29.7 Å². The van der Waals surface area contributed by atoms with E-state index in [0.717, 1.165) is 0 Å². The summed E-state index contributed by atoms with van der Waals surface area (Å²) in [5, 5.41) is 8.43. The summed E-state index contributed by atoms with van der Waals surface area (Å²) < 4.78 is 5.16. The number of carbonyl (C=O) groups is 2. The summed E-state index contributed by atoms with van der Waals surface area (Å²) in [6, 6.07) is 5.81. The molecule has 5 nitrogen and oxygen atoms in total. The molecule has 0 radical (unpaired) electrons. The largest absolute Gasteiger partial charge is 0.456 e. The Hall–Kier alpha value is -1.88. The van der Waals surface area contributed by atoms with Gasteiger partial charge in [-0.25, -0.2) is 10.3 Å². The Labute approximate surface area is 99.4 Å². The van der Waals surface area contributed by atoms with Crippen LogP contribution in [0.5, 0.6) is 0 Å². The van der Waals surface area contributed by atoms with Crippen molar-refractivity contribution >= 4 is 11.9 Å². The second-order valence-electron chi connectivity index (χ2n) is 4.52. The van der Waals surface area contributed by atoms with Crippen molar-refractivity contribution in [1.29, 1.82) is 0 Å². The minimum atomic E-state index is -0.624. The molecule has 0 atom stereocenters. The van der Waals surface area contributed by atoms with Crippen LogP contribution in [0.25, 0.3) is 0 Å². The third-order valence-electron chi connectivity index (χ3n) is 1.88. The summed E-state index contributed by atoms with van der Waals surface area (Å²) in [6.45, 7) is 5.33. The highest BCUT2D eigenvalue weighted by atomic mass is 16.6. The zero-order valence-electron chi connectivity index (χ0n) is 9.98. The Kier molecular flexibility index (Phi) is 3.85. The molecule has 0 heterocycles. The van der Waals surface area contributed by atoms with E-state index in [0.29, 0.717) is 5.56 Å². The van der Waals surface area contributed by atoms with Gasteiger partial charge in [-0.15, -0.1) is 0 Å². The van der Waals surface area contributed by atoms with Gasteiger partial charge in [-0.1, -0.05) is 0 Å². The molecule has 0 aromatic heterocycles. The number of hydrogen-bond donors (Lipinski definition) is 2. The predicted molar refractivity (Wildman–Crippen MR) is 60.9 cm³/mol. The second-order valence-corrected chi connectivity index (χ2v) is 4.52. The molecule has 1 amide bonds. The van der Waals surface area contributed by atoms with Crippen LogP contribution >= 0.6 is 0 Å². The smallest absolute Gasteiger partial charge is 0.338 e. The number of rotatable bonds is 2. The summed E-state index contributed by atoms with van der Waals surface area (Å²) in [5.41, 5.74) is 1.58. The van der Waals surface area contributed by atoms with Crippen LogP contribution < -0.4 is 5.48 Å². The molecule has 0 saturated heterocycles. The van der Waals surface area contributed by atoms with E-state index in [2.05, 4.69) is 0 Å². The molecule has 1 aromatic carbocycles. The van der Waals surface area contributed by atoms with Gasteiger partial charge in [-0.2, -0.15) is 0 Å². The lowest BCUT2D eigenvalue weighted by molar-refractivity contribution is 0.00693. The van der Waals surface area contributed by atoms with E-state index >= 15 is 0 Å². The quantitative estimate of drug-likeness (QED) is 0.467. The Bertz CT molecular complexity index is 417. The summed E-state index contributed by atoms with van der Waals surface area (Å²) in [4.78, 5) is 22.7. The minimum Gasteiger partial charge on any atom is -0.456 e. The average Bonchev–Trinajstić information content (AvgIpc) is 2.26. The number of ether oxygens (including phenoxy) is 1. The van der Waals surface area contributed by atoms with Crippen molar-refractivity contribution in [2.24, 2.45) is 0 Å². The SMILES string of the molecule is CC(C)(C)OC(=O)c1ccc(C(=O)NO)cc1. The molecule has 0 bridgehead atoms. The standard InChI is InChI=1S/C12H15NO4/c1-12(2,3)17-11(15)9-6-4-8(5-7-9)10(14)13-16/h4-7,16H,1-3H3,(H,13,14). The zero-order valence-corrected chi connectivity index (χ0v) is 9.98. The van der Waals surface area contributed by atoms with Gasteiger partial charge in [0.1, 0.15) is 5.60 Å². The molecule has 92 valence electrons. The normalized spacial score (nSPS) is 10.8. The highest BCUT2D eigenvalue weighted by Crippen LogP contribution is 2.12. The molecule has 5 heteroatoms. The number of carbonyl (C=O) groups excluding carboxylic acids is 2. The molecule has 2 N–H and O–H groups in total. The van der Waals surface area contributed by atoms with Crippen LogP contribution in [0.1, 0.15) is 41.5 Å². The first-order valence-electron chi connectivity index (χ1n) is 5.11. The highest BCUT2D eigenvalue weighted by molar-refractivity contribution is 5.95. The maximum Gasteiger partial charge on any atom is 0.338 e. The Morgan fingerprint density at radius 2 is 1.59 bits per heavy atom. The first kappa shape index (κ1) is 13.2. The third-order valence-corrected chi connectivity index (χ3v) is 1.88. The molecule has 1 aromatic rings. The second kappa shape index (κ2) is 4.97. The number of benzene rings is 1. The third kappa shape index (κ3) is 3.88. The molecule has 1 rings (SSSR count). The molecular weight excluding hydrogens is 222 g/mol. The summed E-state index contributed by atoms with van der Waals surface area (Å²) in [6.07, 6.45) is 0. The van der Waals surface area contributed by atoms with Gasteiger partial charge in [0.2, 0.25) is 0 Å². The maximum absolute atomic E-state index is 11.6. The van der Waals surface area contributed by atoms with Crippen LogP contribution in [0.4, 0.5) is 0 Å². The molecule has 0 spiro atoms. The van der Waals surface area contributed by atoms with Crippen LogP contribution in [0.15, 0.2) is 24.3 Å². The van der Waals surface area contributed by atoms with Gasteiger partial charge >= 0.3 is 5.97 Å². The van der Waals surface area contributed by atoms with E-state index in [-0.39, 0.29) is 5.56 Å². The topological polar surface area (TPSA) is 75.6 Å². The molecule has 0 aliphatic heterocycles. The number of hydrogen-bond acceptors (Lipinski definition) is 4. The number of nitrogens with one attached hydrogen (secondary N) is 1. The van der Waals surface area contributed by atoms with E-state index < -0.39 is 17.5 Å². The molecule has 17 heavy (non-hydrogen) atoms. The van der Waals surface area contributed by atoms with Crippen LogP contribution in [0.2, 0.25) is 0 Å². The molecular formula is C12H15NO4. The first-order chi connectivity index (χ1) is 7.83. The van der Waals surface area contributed by atoms with E-state index in [9.17, 15) is 9.59 Å². The van der Waals surface area contributed by atoms with E-state index in [4.69, 9.17) is 9.94 Å². The van der Waals surface area contributed by atoms with Crippen molar-refractivity contribution in [3.05, 3.63) is 35.4 Å². The van der Waals surface area contributed by atoms with E-state index in [1.807, 2.05) is 0 Å². The molecule has 0 aliphatic carbocycles. The summed E-state index contributed by atoms with van der Waals surface area (Å²) in [5.74, 6) is -1.07. The number of esters is 1. The fourth-order valence-corrected chi connectivity index (χ4v) is 1.16. The van der Waals surface area contributed by atoms with Gasteiger partial charge in [0.25, 0.3) is 5.91 Å². The predicted octanol–water partition coefficient (Wildman–Crippen LogP) is 1.76. The molecule has 0 aliphatic rings. The van der Waals surface area contributed by atoms with Crippen molar-refractivity contribution in [1.82, 2.24) is 5.48 Å². The van der Waals surface area contributed by atoms with Gasteiger partial charge in [0.05, 0.1) is 5.56 Å². The minimum absolute atomic E-state index is 0.264. The average molecular weight is 237 g/mol. The molecule has 0 saturated carbocycles. The van der Waals surface area contributed by atoms with Crippen molar-refractivity contribution in [3.63, 3.8) is 0 Å². The van der Waals surface area contributed by atoms with Crippen LogP contribution in [-0.4, -0.2) is 22.7 Å². The van der Waals surface area contributed by atoms with Gasteiger partial charge in [-0.3, -0.25) is 10.0 Å². The lowest BCUT2D eigenvalue weighted by atomic mass is 10.1. The van der Waals surface area contributed by atoms with Gasteiger partial charge < -0.3 is 4.74 Å². The lowest BCUT2D eigenvalue weighted by Crippen LogP contribution is -2.24. The fraction of sp³-hybridized carbons (Fsp3) is 0.333. The number of hydroxylamine groups is 1. The van der Waals surface area contributed by atoms with Crippen molar-refractivity contribution in [2.75, 3.05) is 0 Å². The van der Waals surface area contributed by atoms with Crippen molar-refractivity contribution in [2.45, 2.75) is 26.4 Å². The monoisotopic (exact) mass is 237 g/mol. The summed E-state index contributed by atoms with van der Waals surface area (Å²) in [7, 11) is 0. The maximum atomic E-state index is 11.6. The fourth-order valence-electron chi connectivity index (χ4n) is 1.16. The van der Waals surface area contributed by atoms with Gasteiger partial charge in [0.15, 0.2) is 0 Å². The van der Waals surface area contributed by atoms with Crippen LogP contribution in [0.3, 0.4) is 0 Å². The van der Waals surface area contributed by atoms with Gasteiger partial charge in [-0.05, 0) is 45.0 Å².